The summed E-state index contributed by atoms with van der Waals surface area (Å²) < 4.78 is 26.2. The maximum atomic E-state index is 12.3. The Hall–Kier alpha value is -1.73. The fourth-order valence-electron chi connectivity index (χ4n) is 4.87. The van der Waals surface area contributed by atoms with E-state index in [-0.39, 0.29) is 19.4 Å². The van der Waals surface area contributed by atoms with E-state index in [0.29, 0.717) is 12.8 Å². The van der Waals surface area contributed by atoms with Crippen LogP contribution in [0, 0.1) is 0 Å². The standard InChI is InChI=1S/C37H67O8P/c1-3-5-7-9-11-13-15-17-18-20-21-23-25-27-29-31-36(38)43-33-35(34-44-46(40,41)42)45-37(39)32-30-28-26-24-22-19-16-14-12-10-8-6-4-2/h14,16-18,21,23,35H,3-13,15,19-20,22,24-34H2,1-2H3,(H2,40,41,42)/b16-14+,18-17+,23-21+/t35-/m1/s1. The number of hydrogen-bond acceptors (Lipinski definition) is 6. The molecule has 8 nitrogen and oxygen atoms in total. The predicted octanol–water partition coefficient (Wildman–Crippen LogP) is 10.6. The average molecular weight is 671 g/mol. The summed E-state index contributed by atoms with van der Waals surface area (Å²) in [5.74, 6) is -0.935. The number of carbonyl (C=O) groups excluding carboxylic acids is 2. The molecule has 0 aromatic carbocycles. The van der Waals surface area contributed by atoms with E-state index >= 15 is 0 Å². The number of ether oxygens (including phenoxy) is 2. The van der Waals surface area contributed by atoms with E-state index in [1.807, 2.05) is 0 Å². The van der Waals surface area contributed by atoms with Gasteiger partial charge < -0.3 is 19.3 Å². The van der Waals surface area contributed by atoms with Crippen LogP contribution in [0.25, 0.3) is 0 Å². The molecule has 0 saturated carbocycles. The van der Waals surface area contributed by atoms with Crippen molar-refractivity contribution in [2.24, 2.45) is 0 Å². The first-order valence-electron chi connectivity index (χ1n) is 18.3. The lowest BCUT2D eigenvalue weighted by Gasteiger charge is -2.18. The molecular formula is C37H67O8P. The lowest BCUT2D eigenvalue weighted by Crippen LogP contribution is -2.29. The molecule has 0 unspecified atom stereocenters. The maximum absolute atomic E-state index is 12.3. The number of unbranched alkanes of at least 4 members (excludes halogenated alkanes) is 17. The number of allylic oxidation sites excluding steroid dienone is 6. The van der Waals surface area contributed by atoms with Crippen molar-refractivity contribution in [3.63, 3.8) is 0 Å². The van der Waals surface area contributed by atoms with E-state index in [9.17, 15) is 14.2 Å². The van der Waals surface area contributed by atoms with Crippen molar-refractivity contribution in [3.8, 4) is 0 Å². The summed E-state index contributed by atoms with van der Waals surface area (Å²) in [6.07, 6.45) is 37.2. The van der Waals surface area contributed by atoms with Gasteiger partial charge in [0, 0.05) is 12.8 Å². The molecule has 0 fully saturated rings. The van der Waals surface area contributed by atoms with Crippen LogP contribution in [0.5, 0.6) is 0 Å². The Morgan fingerprint density at radius 2 is 0.978 bits per heavy atom. The molecule has 0 aromatic rings. The highest BCUT2D eigenvalue weighted by Crippen LogP contribution is 2.36. The molecule has 46 heavy (non-hydrogen) atoms. The molecule has 0 spiro atoms. The molecule has 0 rings (SSSR count). The summed E-state index contributed by atoms with van der Waals surface area (Å²) in [6, 6.07) is 0. The Morgan fingerprint density at radius 3 is 1.52 bits per heavy atom. The van der Waals surface area contributed by atoms with Gasteiger partial charge in [-0.05, 0) is 70.6 Å². The minimum Gasteiger partial charge on any atom is -0.462 e. The lowest BCUT2D eigenvalue weighted by atomic mass is 10.1. The van der Waals surface area contributed by atoms with Crippen LogP contribution in [0.15, 0.2) is 36.5 Å². The molecule has 2 N–H and O–H groups in total. The second kappa shape index (κ2) is 33.2. The zero-order valence-corrected chi connectivity index (χ0v) is 30.1. The van der Waals surface area contributed by atoms with Gasteiger partial charge in [-0.1, -0.05) is 121 Å². The fraction of sp³-hybridized carbons (Fsp3) is 0.784. The summed E-state index contributed by atoms with van der Waals surface area (Å²) in [4.78, 5) is 42.6. The van der Waals surface area contributed by atoms with Gasteiger partial charge in [0.2, 0.25) is 0 Å². The van der Waals surface area contributed by atoms with Crippen LogP contribution in [0.4, 0.5) is 0 Å². The van der Waals surface area contributed by atoms with Crippen molar-refractivity contribution in [1.82, 2.24) is 0 Å². The first kappa shape index (κ1) is 44.3. The summed E-state index contributed by atoms with van der Waals surface area (Å²) in [6.45, 7) is 3.61. The molecular weight excluding hydrogens is 603 g/mol. The number of hydrogen-bond donors (Lipinski definition) is 2. The van der Waals surface area contributed by atoms with Gasteiger partial charge in [-0.15, -0.1) is 0 Å². The van der Waals surface area contributed by atoms with Gasteiger partial charge in [-0.25, -0.2) is 4.57 Å². The molecule has 1 atom stereocenters. The van der Waals surface area contributed by atoms with Crippen LogP contribution in [0.1, 0.15) is 168 Å². The molecule has 0 aliphatic carbocycles. The van der Waals surface area contributed by atoms with Gasteiger partial charge in [0.05, 0.1) is 6.61 Å². The highest BCUT2D eigenvalue weighted by atomic mass is 31.2. The van der Waals surface area contributed by atoms with E-state index in [4.69, 9.17) is 19.3 Å². The summed E-state index contributed by atoms with van der Waals surface area (Å²) in [5, 5.41) is 0. The predicted molar refractivity (Wildman–Crippen MR) is 188 cm³/mol. The Morgan fingerprint density at radius 1 is 0.565 bits per heavy atom. The molecule has 0 aliphatic rings. The molecule has 0 saturated heterocycles. The largest absolute Gasteiger partial charge is 0.469 e. The van der Waals surface area contributed by atoms with E-state index < -0.39 is 32.5 Å². The van der Waals surface area contributed by atoms with Crippen LogP contribution >= 0.6 is 7.82 Å². The first-order valence-corrected chi connectivity index (χ1v) is 19.8. The summed E-state index contributed by atoms with van der Waals surface area (Å²) in [5.41, 5.74) is 0. The molecule has 9 heteroatoms. The normalized spacial score (nSPS) is 12.9. The van der Waals surface area contributed by atoms with Crippen molar-refractivity contribution < 1.29 is 37.9 Å². The van der Waals surface area contributed by atoms with Crippen molar-refractivity contribution >= 4 is 19.8 Å². The molecule has 0 heterocycles. The van der Waals surface area contributed by atoms with Gasteiger partial charge in [0.15, 0.2) is 6.10 Å². The second-order valence-corrected chi connectivity index (χ2v) is 13.4. The third kappa shape index (κ3) is 35.1. The Kier molecular flexibility index (Phi) is 31.9. The van der Waals surface area contributed by atoms with Crippen LogP contribution in [0.2, 0.25) is 0 Å². The van der Waals surface area contributed by atoms with Gasteiger partial charge in [-0.2, -0.15) is 0 Å². The topological polar surface area (TPSA) is 119 Å². The number of rotatable bonds is 33. The number of phosphoric acid groups is 1. The molecule has 0 aromatic heterocycles. The van der Waals surface area contributed by atoms with Gasteiger partial charge in [0.25, 0.3) is 0 Å². The van der Waals surface area contributed by atoms with Crippen molar-refractivity contribution in [3.05, 3.63) is 36.5 Å². The van der Waals surface area contributed by atoms with Crippen LogP contribution in [0.3, 0.4) is 0 Å². The molecule has 0 radical (unpaired) electrons. The van der Waals surface area contributed by atoms with Crippen LogP contribution in [-0.4, -0.2) is 41.0 Å². The maximum Gasteiger partial charge on any atom is 0.469 e. The van der Waals surface area contributed by atoms with Crippen molar-refractivity contribution in [1.29, 1.82) is 0 Å². The Labute approximate surface area is 281 Å². The summed E-state index contributed by atoms with van der Waals surface area (Å²) >= 11 is 0. The molecule has 0 bridgehead atoms. The van der Waals surface area contributed by atoms with Gasteiger partial charge in [-0.3, -0.25) is 14.1 Å². The number of carbonyl (C=O) groups is 2. The molecule has 0 amide bonds. The molecule has 268 valence electrons. The quantitative estimate of drug-likeness (QED) is 0.0306. The third-order valence-electron chi connectivity index (χ3n) is 7.63. The average Bonchev–Trinajstić information content (AvgIpc) is 3.02. The highest BCUT2D eigenvalue weighted by Gasteiger charge is 2.22. The monoisotopic (exact) mass is 670 g/mol. The van der Waals surface area contributed by atoms with Crippen LogP contribution in [-0.2, 0) is 28.2 Å². The smallest absolute Gasteiger partial charge is 0.462 e. The minimum absolute atomic E-state index is 0.195. The second-order valence-electron chi connectivity index (χ2n) is 12.2. The number of phosphoric ester groups is 1. The van der Waals surface area contributed by atoms with E-state index in [0.717, 1.165) is 64.2 Å². The van der Waals surface area contributed by atoms with Gasteiger partial charge >= 0.3 is 19.8 Å². The van der Waals surface area contributed by atoms with E-state index in [1.165, 1.54) is 64.2 Å². The third-order valence-corrected chi connectivity index (χ3v) is 8.12. The van der Waals surface area contributed by atoms with E-state index in [2.05, 4.69) is 54.8 Å². The van der Waals surface area contributed by atoms with E-state index in [1.54, 1.807) is 0 Å². The zero-order chi connectivity index (χ0) is 34.0. The minimum atomic E-state index is -4.75. The first-order chi connectivity index (χ1) is 22.3. The van der Waals surface area contributed by atoms with Crippen LogP contribution < -0.4 is 0 Å². The SMILES string of the molecule is CCCCCC/C=C/CCCCCCCC(=O)O[C@H](COC(=O)CCCC/C=C/C/C=C/CCCCCCCC)COP(=O)(O)O. The van der Waals surface area contributed by atoms with Gasteiger partial charge in [0.1, 0.15) is 6.61 Å². The Bertz CT molecular complexity index is 848. The lowest BCUT2D eigenvalue weighted by molar-refractivity contribution is -0.161. The zero-order valence-electron chi connectivity index (χ0n) is 29.2. The fourth-order valence-corrected chi connectivity index (χ4v) is 5.23. The molecule has 0 aliphatic heterocycles. The highest BCUT2D eigenvalue weighted by molar-refractivity contribution is 7.46. The Balaban J connectivity index is 4.05. The number of esters is 2. The van der Waals surface area contributed by atoms with Crippen molar-refractivity contribution in [2.75, 3.05) is 13.2 Å². The van der Waals surface area contributed by atoms with Crippen molar-refractivity contribution in [2.45, 2.75) is 174 Å². The summed E-state index contributed by atoms with van der Waals surface area (Å²) in [7, 11) is -4.75.